The van der Waals surface area contributed by atoms with E-state index in [1.165, 1.54) is 5.69 Å². The van der Waals surface area contributed by atoms with Crippen molar-refractivity contribution in [2.24, 2.45) is 7.05 Å². The zero-order valence-corrected chi connectivity index (χ0v) is 12.8. The molecule has 1 aromatic heterocycles. The van der Waals surface area contributed by atoms with Crippen molar-refractivity contribution in [2.45, 2.75) is 13.8 Å². The van der Waals surface area contributed by atoms with Crippen molar-refractivity contribution >= 4 is 17.5 Å². The molecule has 0 fully saturated rings. The summed E-state index contributed by atoms with van der Waals surface area (Å²) in [4.78, 5) is 14.2. The van der Waals surface area contributed by atoms with Crippen LogP contribution in [0.1, 0.15) is 29.8 Å². The van der Waals surface area contributed by atoms with Gasteiger partial charge in [-0.2, -0.15) is 5.10 Å². The first kappa shape index (κ1) is 15.0. The number of aromatic nitrogens is 2. The van der Waals surface area contributed by atoms with Crippen molar-refractivity contribution in [3.8, 4) is 0 Å². The second kappa shape index (κ2) is 6.88. The second-order valence-electron chi connectivity index (χ2n) is 4.86. The molecule has 0 N–H and O–H groups in total. The van der Waals surface area contributed by atoms with Crippen LogP contribution in [0.4, 0.5) is 5.69 Å². The highest BCUT2D eigenvalue weighted by atomic mass is 16.1. The fraction of sp³-hybridized carbons (Fsp3) is 0.294. The number of carbonyl (C=O) groups excluding carboxylic acids is 1. The third-order valence-corrected chi connectivity index (χ3v) is 3.44. The summed E-state index contributed by atoms with van der Waals surface area (Å²) in [6.07, 6.45) is 6.72. The number of benzene rings is 1. The molecule has 110 valence electrons. The zero-order valence-electron chi connectivity index (χ0n) is 12.8. The Kier molecular flexibility index (Phi) is 4.93. The van der Waals surface area contributed by atoms with Gasteiger partial charge >= 0.3 is 0 Å². The number of ketones is 1. The first-order chi connectivity index (χ1) is 10.1. The van der Waals surface area contributed by atoms with Crippen LogP contribution < -0.4 is 4.90 Å². The molecule has 0 saturated heterocycles. The lowest BCUT2D eigenvalue weighted by Crippen LogP contribution is -2.21. The minimum atomic E-state index is -0.0316. The number of rotatable bonds is 6. The summed E-state index contributed by atoms with van der Waals surface area (Å²) in [7, 11) is 1.80. The van der Waals surface area contributed by atoms with E-state index in [1.807, 2.05) is 18.2 Å². The topological polar surface area (TPSA) is 38.1 Å². The minimum Gasteiger partial charge on any atom is -0.372 e. The molecule has 21 heavy (non-hydrogen) atoms. The SMILES string of the molecule is CCN(CC)c1ccc(C=CC(=O)c2cnn(C)c2)cc1. The molecule has 4 nitrogen and oxygen atoms in total. The number of nitrogens with zero attached hydrogens (tertiary/aromatic N) is 3. The Labute approximate surface area is 125 Å². The maximum atomic E-state index is 12.0. The number of anilines is 1. The van der Waals surface area contributed by atoms with Gasteiger partial charge in [-0.25, -0.2) is 0 Å². The van der Waals surface area contributed by atoms with Gasteiger partial charge in [0.15, 0.2) is 5.78 Å². The van der Waals surface area contributed by atoms with Gasteiger partial charge in [0.1, 0.15) is 0 Å². The summed E-state index contributed by atoms with van der Waals surface area (Å²) >= 11 is 0. The molecule has 4 heteroatoms. The highest BCUT2D eigenvalue weighted by Gasteiger charge is 2.04. The number of hydrogen-bond acceptors (Lipinski definition) is 3. The number of hydrogen-bond donors (Lipinski definition) is 0. The molecule has 0 saturated carbocycles. The van der Waals surface area contributed by atoms with Crippen LogP contribution in [0.25, 0.3) is 6.08 Å². The van der Waals surface area contributed by atoms with Crippen LogP contribution in [0.5, 0.6) is 0 Å². The van der Waals surface area contributed by atoms with Crippen molar-refractivity contribution in [3.63, 3.8) is 0 Å². The molecule has 1 heterocycles. The average molecular weight is 283 g/mol. The van der Waals surface area contributed by atoms with Gasteiger partial charge in [-0.15, -0.1) is 0 Å². The largest absolute Gasteiger partial charge is 0.372 e. The van der Waals surface area contributed by atoms with Crippen LogP contribution in [-0.2, 0) is 7.05 Å². The van der Waals surface area contributed by atoms with Crippen molar-refractivity contribution < 1.29 is 4.79 Å². The maximum Gasteiger partial charge on any atom is 0.189 e. The maximum absolute atomic E-state index is 12.0. The van der Waals surface area contributed by atoms with Crippen LogP contribution in [0.2, 0.25) is 0 Å². The van der Waals surface area contributed by atoms with E-state index in [1.54, 1.807) is 30.2 Å². The lowest BCUT2D eigenvalue weighted by atomic mass is 10.1. The lowest BCUT2D eigenvalue weighted by Gasteiger charge is -2.20. The molecule has 2 rings (SSSR count). The van der Waals surface area contributed by atoms with E-state index >= 15 is 0 Å². The Morgan fingerprint density at radius 3 is 2.43 bits per heavy atom. The van der Waals surface area contributed by atoms with Gasteiger partial charge in [0.2, 0.25) is 0 Å². The number of allylic oxidation sites excluding steroid dienone is 1. The highest BCUT2D eigenvalue weighted by Crippen LogP contribution is 2.15. The zero-order chi connectivity index (χ0) is 15.2. The Balaban J connectivity index is 2.06. The Bertz CT molecular complexity index is 622. The second-order valence-corrected chi connectivity index (χ2v) is 4.86. The van der Waals surface area contributed by atoms with E-state index < -0.39 is 0 Å². The summed E-state index contributed by atoms with van der Waals surface area (Å²) in [5.74, 6) is -0.0316. The minimum absolute atomic E-state index is 0.0316. The van der Waals surface area contributed by atoms with Crippen LogP contribution >= 0.6 is 0 Å². The summed E-state index contributed by atoms with van der Waals surface area (Å²) in [6, 6.07) is 8.23. The molecule has 0 aliphatic heterocycles. The molecule has 0 bridgehead atoms. The van der Waals surface area contributed by atoms with Gasteiger partial charge in [-0.1, -0.05) is 18.2 Å². The van der Waals surface area contributed by atoms with Crippen LogP contribution in [0.3, 0.4) is 0 Å². The van der Waals surface area contributed by atoms with Gasteiger partial charge in [0, 0.05) is 32.0 Å². The molecule has 0 aliphatic rings. The standard InChI is InChI=1S/C17H21N3O/c1-4-20(5-2)16-9-6-14(7-10-16)8-11-17(21)15-12-18-19(3)13-15/h6-13H,4-5H2,1-3H3. The fourth-order valence-electron chi connectivity index (χ4n) is 2.20. The fourth-order valence-corrected chi connectivity index (χ4v) is 2.20. The van der Waals surface area contributed by atoms with Gasteiger partial charge in [0.25, 0.3) is 0 Å². The number of aryl methyl sites for hydroxylation is 1. The molecule has 0 amide bonds. The molecule has 2 aromatic rings. The van der Waals surface area contributed by atoms with E-state index in [2.05, 4.69) is 36.0 Å². The molecule has 1 aromatic carbocycles. The third kappa shape index (κ3) is 3.81. The molecular formula is C17H21N3O. The van der Waals surface area contributed by atoms with E-state index in [4.69, 9.17) is 0 Å². The molecule has 0 aliphatic carbocycles. The smallest absolute Gasteiger partial charge is 0.189 e. The predicted octanol–water partition coefficient (Wildman–Crippen LogP) is 3.16. The monoisotopic (exact) mass is 283 g/mol. The van der Waals surface area contributed by atoms with Crippen LogP contribution in [0.15, 0.2) is 42.7 Å². The van der Waals surface area contributed by atoms with E-state index in [9.17, 15) is 4.79 Å². The van der Waals surface area contributed by atoms with Crippen molar-refractivity contribution in [3.05, 3.63) is 53.9 Å². The third-order valence-electron chi connectivity index (χ3n) is 3.44. The molecular weight excluding hydrogens is 262 g/mol. The Morgan fingerprint density at radius 1 is 1.24 bits per heavy atom. The van der Waals surface area contributed by atoms with Crippen molar-refractivity contribution in [1.82, 2.24) is 9.78 Å². The van der Waals surface area contributed by atoms with Crippen LogP contribution in [-0.4, -0.2) is 28.7 Å². The summed E-state index contributed by atoms with van der Waals surface area (Å²) in [5.41, 5.74) is 2.83. The summed E-state index contributed by atoms with van der Waals surface area (Å²) < 4.78 is 1.62. The number of carbonyl (C=O) groups is 1. The average Bonchev–Trinajstić information content (AvgIpc) is 2.94. The highest BCUT2D eigenvalue weighted by molar-refractivity contribution is 6.06. The molecule has 0 atom stereocenters. The van der Waals surface area contributed by atoms with E-state index in [0.717, 1.165) is 18.7 Å². The summed E-state index contributed by atoms with van der Waals surface area (Å²) in [6.45, 7) is 6.27. The van der Waals surface area contributed by atoms with Gasteiger partial charge < -0.3 is 4.90 Å². The lowest BCUT2D eigenvalue weighted by molar-refractivity contribution is 0.104. The normalized spacial score (nSPS) is 11.0. The van der Waals surface area contributed by atoms with Crippen LogP contribution in [0, 0.1) is 0 Å². The van der Waals surface area contributed by atoms with Gasteiger partial charge in [-0.05, 0) is 37.6 Å². The molecule has 0 radical (unpaired) electrons. The van der Waals surface area contributed by atoms with Gasteiger partial charge in [-0.3, -0.25) is 9.48 Å². The first-order valence-electron chi connectivity index (χ1n) is 7.20. The summed E-state index contributed by atoms with van der Waals surface area (Å²) in [5, 5.41) is 4.00. The Hall–Kier alpha value is -2.36. The molecule has 0 spiro atoms. The Morgan fingerprint density at radius 2 is 1.90 bits per heavy atom. The van der Waals surface area contributed by atoms with Gasteiger partial charge in [0.05, 0.1) is 11.8 Å². The predicted molar refractivity (Wildman–Crippen MR) is 86.6 cm³/mol. The van der Waals surface area contributed by atoms with E-state index in [0.29, 0.717) is 5.56 Å². The van der Waals surface area contributed by atoms with E-state index in [-0.39, 0.29) is 5.78 Å². The quantitative estimate of drug-likeness (QED) is 0.604. The van der Waals surface area contributed by atoms with Crippen molar-refractivity contribution in [2.75, 3.05) is 18.0 Å². The first-order valence-corrected chi connectivity index (χ1v) is 7.20. The molecule has 0 unspecified atom stereocenters. The van der Waals surface area contributed by atoms with Crippen molar-refractivity contribution in [1.29, 1.82) is 0 Å².